The predicted molar refractivity (Wildman–Crippen MR) is 79.9 cm³/mol. The number of nitrogens with one attached hydrogen (secondary N) is 1. The number of hydrogen-bond donors (Lipinski definition) is 1. The van der Waals surface area contributed by atoms with Crippen molar-refractivity contribution < 1.29 is 9.59 Å². The van der Waals surface area contributed by atoms with Gasteiger partial charge in [0.15, 0.2) is 5.78 Å². The van der Waals surface area contributed by atoms with E-state index in [-0.39, 0.29) is 12.2 Å². The number of carbonyl (C=O) groups is 2. The van der Waals surface area contributed by atoms with Gasteiger partial charge in [-0.15, -0.1) is 0 Å². The van der Waals surface area contributed by atoms with Crippen LogP contribution >= 0.6 is 0 Å². The molecule has 0 bridgehead atoms. The Morgan fingerprint density at radius 1 is 1.10 bits per heavy atom. The number of amides is 1. The third-order valence-corrected chi connectivity index (χ3v) is 3.00. The molecule has 0 atom stereocenters. The summed E-state index contributed by atoms with van der Waals surface area (Å²) in [6, 6.07) is 15.8. The molecule has 0 aliphatic rings. The molecule has 0 unspecified atom stereocenters. The van der Waals surface area contributed by atoms with Crippen molar-refractivity contribution in [3.05, 3.63) is 65.2 Å². The van der Waals surface area contributed by atoms with Crippen LogP contribution in [0.15, 0.2) is 48.5 Å². The van der Waals surface area contributed by atoms with Crippen LogP contribution in [-0.2, 0) is 4.79 Å². The molecule has 0 saturated heterocycles. The van der Waals surface area contributed by atoms with Crippen LogP contribution in [-0.4, -0.2) is 11.7 Å². The van der Waals surface area contributed by atoms with Crippen molar-refractivity contribution in [1.82, 2.24) is 0 Å². The van der Waals surface area contributed by atoms with E-state index in [4.69, 9.17) is 5.26 Å². The molecule has 0 fully saturated rings. The largest absolute Gasteiger partial charge is 0.325 e. The lowest BCUT2D eigenvalue weighted by Gasteiger charge is -2.09. The molecule has 0 aliphatic carbocycles. The minimum atomic E-state index is -0.429. The highest BCUT2D eigenvalue weighted by Gasteiger charge is 2.14. The fourth-order valence-electron chi connectivity index (χ4n) is 1.92. The number of nitriles is 1. The van der Waals surface area contributed by atoms with Crippen LogP contribution in [0.1, 0.15) is 27.9 Å². The molecule has 0 aliphatic heterocycles. The Hall–Kier alpha value is -2.93. The van der Waals surface area contributed by atoms with Crippen molar-refractivity contribution in [3.63, 3.8) is 0 Å². The van der Waals surface area contributed by atoms with E-state index in [0.29, 0.717) is 16.8 Å². The molecule has 2 aromatic carbocycles. The predicted octanol–water partition coefficient (Wildman–Crippen LogP) is 3.08. The monoisotopic (exact) mass is 278 g/mol. The van der Waals surface area contributed by atoms with Crippen LogP contribution in [0.25, 0.3) is 0 Å². The van der Waals surface area contributed by atoms with Gasteiger partial charge in [0.1, 0.15) is 6.42 Å². The number of aryl methyl sites for hydroxylation is 1. The molecule has 0 heterocycles. The Kier molecular flexibility index (Phi) is 4.47. The quantitative estimate of drug-likeness (QED) is 0.874. The molecule has 4 heteroatoms. The van der Waals surface area contributed by atoms with Gasteiger partial charge >= 0.3 is 0 Å². The molecule has 2 aromatic rings. The normalized spacial score (nSPS) is 9.71. The van der Waals surface area contributed by atoms with E-state index < -0.39 is 5.91 Å². The first-order chi connectivity index (χ1) is 10.1. The van der Waals surface area contributed by atoms with Crippen molar-refractivity contribution >= 4 is 17.4 Å². The summed E-state index contributed by atoms with van der Waals surface area (Å²) in [4.78, 5) is 24.0. The smallest absolute Gasteiger partial charge is 0.238 e. The fourth-order valence-corrected chi connectivity index (χ4v) is 1.92. The van der Waals surface area contributed by atoms with E-state index in [1.165, 1.54) is 0 Å². The number of benzene rings is 2. The lowest BCUT2D eigenvalue weighted by Crippen LogP contribution is -2.14. The van der Waals surface area contributed by atoms with Crippen molar-refractivity contribution in [3.8, 4) is 6.07 Å². The summed E-state index contributed by atoms with van der Waals surface area (Å²) >= 11 is 0. The Morgan fingerprint density at radius 3 is 2.43 bits per heavy atom. The van der Waals surface area contributed by atoms with Gasteiger partial charge in [0.25, 0.3) is 0 Å². The fraction of sp³-hybridized carbons (Fsp3) is 0.118. The van der Waals surface area contributed by atoms with E-state index in [2.05, 4.69) is 5.32 Å². The van der Waals surface area contributed by atoms with Crippen molar-refractivity contribution in [2.75, 3.05) is 5.32 Å². The lowest BCUT2D eigenvalue weighted by molar-refractivity contribution is -0.115. The molecule has 1 N–H and O–H groups in total. The standard InChI is InChI=1S/C17H14N2O2/c1-12-6-8-13(9-7-12)17(21)14-4-2-3-5-15(14)19-16(20)10-11-18/h2-9H,10H2,1H3,(H,19,20). The van der Waals surface area contributed by atoms with Crippen LogP contribution in [0.4, 0.5) is 5.69 Å². The minimum absolute atomic E-state index is 0.164. The number of rotatable bonds is 4. The number of anilines is 1. The van der Waals surface area contributed by atoms with Crippen LogP contribution in [0, 0.1) is 18.3 Å². The SMILES string of the molecule is Cc1ccc(C(=O)c2ccccc2NC(=O)CC#N)cc1. The highest BCUT2D eigenvalue weighted by molar-refractivity contribution is 6.13. The molecule has 0 spiro atoms. The Labute approximate surface area is 123 Å². The van der Waals surface area contributed by atoms with Gasteiger partial charge in [0, 0.05) is 11.1 Å². The average molecular weight is 278 g/mol. The first kappa shape index (κ1) is 14.5. The van der Waals surface area contributed by atoms with E-state index in [0.717, 1.165) is 5.56 Å². The molecule has 4 nitrogen and oxygen atoms in total. The van der Waals surface area contributed by atoms with Gasteiger partial charge in [0.05, 0.1) is 11.8 Å². The third-order valence-electron chi connectivity index (χ3n) is 3.00. The molecule has 0 radical (unpaired) electrons. The molecule has 104 valence electrons. The number of nitrogens with zero attached hydrogens (tertiary/aromatic N) is 1. The second-order valence-electron chi connectivity index (χ2n) is 4.62. The summed E-state index contributed by atoms with van der Waals surface area (Å²) in [5.74, 6) is -0.593. The molecule has 21 heavy (non-hydrogen) atoms. The lowest BCUT2D eigenvalue weighted by atomic mass is 10.0. The van der Waals surface area contributed by atoms with Crippen LogP contribution < -0.4 is 5.32 Å². The van der Waals surface area contributed by atoms with E-state index in [9.17, 15) is 9.59 Å². The Balaban J connectivity index is 2.31. The van der Waals surface area contributed by atoms with Crippen LogP contribution in [0.2, 0.25) is 0 Å². The maximum Gasteiger partial charge on any atom is 0.238 e. The number of hydrogen-bond acceptors (Lipinski definition) is 3. The van der Waals surface area contributed by atoms with E-state index in [1.807, 2.05) is 19.1 Å². The van der Waals surface area contributed by atoms with Crippen molar-refractivity contribution in [2.45, 2.75) is 13.3 Å². The van der Waals surface area contributed by atoms with E-state index in [1.54, 1.807) is 42.5 Å². The molecule has 0 saturated carbocycles. The minimum Gasteiger partial charge on any atom is -0.325 e. The van der Waals surface area contributed by atoms with Gasteiger partial charge in [-0.25, -0.2) is 0 Å². The van der Waals surface area contributed by atoms with Gasteiger partial charge in [0.2, 0.25) is 5.91 Å². The highest BCUT2D eigenvalue weighted by Crippen LogP contribution is 2.19. The van der Waals surface area contributed by atoms with Gasteiger partial charge in [-0.2, -0.15) is 5.26 Å². The summed E-state index contributed by atoms with van der Waals surface area (Å²) in [7, 11) is 0. The summed E-state index contributed by atoms with van der Waals surface area (Å²) in [5, 5.41) is 11.1. The third kappa shape index (κ3) is 3.54. The second kappa shape index (κ2) is 6.49. The number of ketones is 1. The first-order valence-electron chi connectivity index (χ1n) is 6.49. The molecular weight excluding hydrogens is 264 g/mol. The maximum atomic E-state index is 12.5. The Morgan fingerprint density at radius 2 is 1.76 bits per heavy atom. The molecular formula is C17H14N2O2. The van der Waals surface area contributed by atoms with Crippen LogP contribution in [0.5, 0.6) is 0 Å². The zero-order valence-electron chi connectivity index (χ0n) is 11.6. The van der Waals surface area contributed by atoms with Gasteiger partial charge in [-0.05, 0) is 19.1 Å². The van der Waals surface area contributed by atoms with Crippen molar-refractivity contribution in [2.24, 2.45) is 0 Å². The first-order valence-corrected chi connectivity index (χ1v) is 6.49. The average Bonchev–Trinajstić information content (AvgIpc) is 2.48. The molecule has 0 aromatic heterocycles. The summed E-state index contributed by atoms with van der Waals surface area (Å²) in [6.45, 7) is 1.95. The molecule has 1 amide bonds. The van der Waals surface area contributed by atoms with Crippen LogP contribution in [0.3, 0.4) is 0 Å². The van der Waals surface area contributed by atoms with Crippen molar-refractivity contribution in [1.29, 1.82) is 5.26 Å². The topological polar surface area (TPSA) is 70.0 Å². The molecule has 2 rings (SSSR count). The zero-order chi connectivity index (χ0) is 15.2. The van der Waals surface area contributed by atoms with Gasteiger partial charge in [-0.3, -0.25) is 9.59 Å². The van der Waals surface area contributed by atoms with Gasteiger partial charge in [-0.1, -0.05) is 42.0 Å². The van der Waals surface area contributed by atoms with E-state index >= 15 is 0 Å². The van der Waals surface area contributed by atoms with Gasteiger partial charge < -0.3 is 5.32 Å². The Bertz CT molecular complexity index is 712. The summed E-state index contributed by atoms with van der Waals surface area (Å²) in [6.07, 6.45) is -0.243. The second-order valence-corrected chi connectivity index (χ2v) is 4.62. The summed E-state index contributed by atoms with van der Waals surface area (Å²) in [5.41, 5.74) is 2.46. The zero-order valence-corrected chi connectivity index (χ0v) is 11.6. The summed E-state index contributed by atoms with van der Waals surface area (Å²) < 4.78 is 0. The highest BCUT2D eigenvalue weighted by atomic mass is 16.1. The maximum absolute atomic E-state index is 12.5. The number of para-hydroxylation sites is 1. The number of carbonyl (C=O) groups excluding carboxylic acids is 2.